The molecule has 0 aliphatic heterocycles. The van der Waals surface area contributed by atoms with Gasteiger partial charge in [-0.1, -0.05) is 12.1 Å². The average Bonchev–Trinajstić information content (AvgIpc) is 3.03. The van der Waals surface area contributed by atoms with Crippen LogP contribution in [0.3, 0.4) is 0 Å². The summed E-state index contributed by atoms with van der Waals surface area (Å²) in [5.41, 5.74) is 2.46. The number of aryl methyl sites for hydroxylation is 1. The Morgan fingerprint density at radius 2 is 2.04 bits per heavy atom. The van der Waals surface area contributed by atoms with Crippen LogP contribution in [0.4, 0.5) is 8.78 Å². The number of thiophene rings is 1. The van der Waals surface area contributed by atoms with Crippen LogP contribution < -0.4 is 5.32 Å². The lowest BCUT2D eigenvalue weighted by Crippen LogP contribution is -2.10. The lowest BCUT2D eigenvalue weighted by molar-refractivity contribution is 0.570. The van der Waals surface area contributed by atoms with Crippen molar-refractivity contribution in [1.29, 1.82) is 10.7 Å². The van der Waals surface area contributed by atoms with Crippen molar-refractivity contribution in [3.63, 3.8) is 0 Å². The smallest absolute Gasteiger partial charge is 0.196 e. The second kappa shape index (κ2) is 7.06. The first-order valence-corrected chi connectivity index (χ1v) is 8.63. The van der Waals surface area contributed by atoms with Crippen LogP contribution in [0, 0.1) is 29.5 Å². The van der Waals surface area contributed by atoms with Crippen LogP contribution in [0.1, 0.15) is 15.3 Å². The zero-order valence-corrected chi connectivity index (χ0v) is 15.0. The van der Waals surface area contributed by atoms with Crippen LogP contribution >= 0.6 is 11.3 Å². The molecule has 0 saturated carbocycles. The third-order valence-electron chi connectivity index (χ3n) is 3.99. The van der Waals surface area contributed by atoms with Crippen molar-refractivity contribution < 1.29 is 8.78 Å². The van der Waals surface area contributed by atoms with Gasteiger partial charge in [-0.15, -0.1) is 11.3 Å². The van der Waals surface area contributed by atoms with Crippen molar-refractivity contribution >= 4 is 22.6 Å². The Bertz CT molecular complexity index is 1040. The van der Waals surface area contributed by atoms with E-state index in [1.54, 1.807) is 24.3 Å². The summed E-state index contributed by atoms with van der Waals surface area (Å²) in [6.07, 6.45) is 4.91. The molecule has 130 valence electrons. The number of nitrogens with one attached hydrogen (secondary N) is 2. The number of hydrogen-bond acceptors (Lipinski definition) is 4. The summed E-state index contributed by atoms with van der Waals surface area (Å²) in [4.78, 5) is 1.88. The standard InChI is InChI=1S/C20H15F2N3S/c1-11-7-15(12-3-4-14(10-23)17(21)9-12)19(26-11)13-5-6-18(24)16(8-13)20(22)25-2/h3-9,24-25H,1-2H3/b20-16-,24-18?. The fraction of sp³-hybridized carbons (Fsp3) is 0.100. The Kier molecular flexibility index (Phi) is 4.83. The molecule has 1 aliphatic carbocycles. The molecule has 1 heterocycles. The Morgan fingerprint density at radius 3 is 2.69 bits per heavy atom. The maximum absolute atomic E-state index is 14.0. The minimum Gasteiger partial charge on any atom is -0.364 e. The average molecular weight is 367 g/mol. The lowest BCUT2D eigenvalue weighted by atomic mass is 9.95. The second-order valence-electron chi connectivity index (χ2n) is 5.73. The number of rotatable bonds is 3. The van der Waals surface area contributed by atoms with Crippen LogP contribution in [0.5, 0.6) is 0 Å². The molecule has 0 radical (unpaired) electrons. The van der Waals surface area contributed by atoms with Crippen LogP contribution in [0.2, 0.25) is 0 Å². The summed E-state index contributed by atoms with van der Waals surface area (Å²) < 4.78 is 28.0. The largest absolute Gasteiger partial charge is 0.364 e. The summed E-state index contributed by atoms with van der Waals surface area (Å²) in [5.74, 6) is -1.15. The minimum absolute atomic E-state index is 0.00575. The number of benzene rings is 1. The van der Waals surface area contributed by atoms with Crippen molar-refractivity contribution in [3.8, 4) is 17.2 Å². The molecule has 0 fully saturated rings. The number of nitriles is 1. The Morgan fingerprint density at radius 1 is 1.27 bits per heavy atom. The molecule has 26 heavy (non-hydrogen) atoms. The molecular formula is C20H15F2N3S. The van der Waals surface area contributed by atoms with Gasteiger partial charge in [0.1, 0.15) is 11.9 Å². The SMILES string of the molecule is CN/C(F)=C1/C=C(c2sc(C)cc2-c2ccc(C#N)c(F)c2)C=CC1=N. The van der Waals surface area contributed by atoms with Crippen molar-refractivity contribution in [2.75, 3.05) is 7.05 Å². The van der Waals surface area contributed by atoms with E-state index in [4.69, 9.17) is 10.7 Å². The van der Waals surface area contributed by atoms with E-state index >= 15 is 0 Å². The number of nitrogens with zero attached hydrogens (tertiary/aromatic N) is 1. The fourth-order valence-electron chi connectivity index (χ4n) is 2.72. The summed E-state index contributed by atoms with van der Waals surface area (Å²) >= 11 is 1.51. The van der Waals surface area contributed by atoms with E-state index in [-0.39, 0.29) is 16.8 Å². The van der Waals surface area contributed by atoms with E-state index in [1.807, 2.05) is 19.1 Å². The molecule has 0 spiro atoms. The van der Waals surface area contributed by atoms with Crippen molar-refractivity contribution in [2.24, 2.45) is 0 Å². The van der Waals surface area contributed by atoms with Gasteiger partial charge in [0.05, 0.1) is 16.8 Å². The van der Waals surface area contributed by atoms with Crippen molar-refractivity contribution in [2.45, 2.75) is 6.92 Å². The van der Waals surface area contributed by atoms with E-state index in [0.717, 1.165) is 20.9 Å². The maximum Gasteiger partial charge on any atom is 0.196 e. The third kappa shape index (κ3) is 3.22. The number of allylic oxidation sites excluding steroid dienone is 5. The van der Waals surface area contributed by atoms with Gasteiger partial charge in [0.25, 0.3) is 0 Å². The summed E-state index contributed by atoms with van der Waals surface area (Å²) in [7, 11) is 1.46. The van der Waals surface area contributed by atoms with E-state index in [2.05, 4.69) is 5.32 Å². The molecule has 1 aliphatic rings. The monoisotopic (exact) mass is 367 g/mol. The Balaban J connectivity index is 2.14. The third-order valence-corrected chi connectivity index (χ3v) is 5.09. The molecule has 1 aromatic carbocycles. The predicted molar refractivity (Wildman–Crippen MR) is 101 cm³/mol. The van der Waals surface area contributed by atoms with E-state index in [0.29, 0.717) is 5.56 Å². The first-order valence-electron chi connectivity index (χ1n) is 7.81. The molecule has 3 rings (SSSR count). The van der Waals surface area contributed by atoms with Gasteiger partial charge in [0.2, 0.25) is 0 Å². The van der Waals surface area contributed by atoms with Gasteiger partial charge in [-0.3, -0.25) is 0 Å². The molecule has 0 saturated heterocycles. The predicted octanol–water partition coefficient (Wildman–Crippen LogP) is 5.11. The molecule has 0 atom stereocenters. The van der Waals surface area contributed by atoms with Gasteiger partial charge < -0.3 is 10.7 Å². The molecule has 3 nitrogen and oxygen atoms in total. The topological polar surface area (TPSA) is 59.7 Å². The van der Waals surface area contributed by atoms with Crippen LogP contribution in [-0.4, -0.2) is 12.8 Å². The fourth-order valence-corrected chi connectivity index (χ4v) is 3.75. The normalized spacial score (nSPS) is 15.5. The number of halogens is 2. The summed E-state index contributed by atoms with van der Waals surface area (Å²) in [6, 6.07) is 8.24. The van der Waals surface area contributed by atoms with E-state index in [9.17, 15) is 8.78 Å². The zero-order chi connectivity index (χ0) is 18.8. The Labute approximate surface area is 154 Å². The molecule has 0 amide bonds. The Hall–Kier alpha value is -3.04. The van der Waals surface area contributed by atoms with Gasteiger partial charge in [-0.2, -0.15) is 9.65 Å². The summed E-state index contributed by atoms with van der Waals surface area (Å²) in [6.45, 7) is 1.94. The molecule has 2 aromatic rings. The quantitative estimate of drug-likeness (QED) is 0.741. The molecular weight excluding hydrogens is 352 g/mol. The van der Waals surface area contributed by atoms with E-state index in [1.165, 1.54) is 30.5 Å². The highest BCUT2D eigenvalue weighted by atomic mass is 32.1. The highest BCUT2D eigenvalue weighted by molar-refractivity contribution is 7.13. The maximum atomic E-state index is 14.0. The molecule has 2 N–H and O–H groups in total. The van der Waals surface area contributed by atoms with Gasteiger partial charge in [-0.05, 0) is 48.4 Å². The van der Waals surface area contributed by atoms with Crippen molar-refractivity contribution in [1.82, 2.24) is 5.32 Å². The van der Waals surface area contributed by atoms with Crippen LogP contribution in [0.25, 0.3) is 16.7 Å². The van der Waals surface area contributed by atoms with Crippen LogP contribution in [0.15, 0.2) is 54.0 Å². The first kappa shape index (κ1) is 17.8. The lowest BCUT2D eigenvalue weighted by Gasteiger charge is -2.13. The molecule has 0 bridgehead atoms. The van der Waals surface area contributed by atoms with Crippen molar-refractivity contribution in [3.05, 3.63) is 75.2 Å². The second-order valence-corrected chi connectivity index (χ2v) is 6.99. The summed E-state index contributed by atoms with van der Waals surface area (Å²) in [5, 5.41) is 19.2. The van der Waals surface area contributed by atoms with Crippen LogP contribution in [-0.2, 0) is 0 Å². The molecule has 1 aromatic heterocycles. The van der Waals surface area contributed by atoms with Gasteiger partial charge >= 0.3 is 0 Å². The number of hydrogen-bond donors (Lipinski definition) is 2. The zero-order valence-electron chi connectivity index (χ0n) is 14.2. The molecule has 0 unspecified atom stereocenters. The minimum atomic E-state index is -0.573. The molecule has 6 heteroatoms. The van der Waals surface area contributed by atoms with Gasteiger partial charge in [0, 0.05) is 22.4 Å². The van der Waals surface area contributed by atoms with Gasteiger partial charge in [0.15, 0.2) is 5.95 Å². The first-order chi connectivity index (χ1) is 12.4. The van der Waals surface area contributed by atoms with E-state index < -0.39 is 11.8 Å². The highest BCUT2D eigenvalue weighted by Gasteiger charge is 2.18. The van der Waals surface area contributed by atoms with Gasteiger partial charge in [-0.25, -0.2) is 4.39 Å². The highest BCUT2D eigenvalue weighted by Crippen LogP contribution is 2.39.